The largest absolute Gasteiger partial charge is 0.377 e. The fourth-order valence-electron chi connectivity index (χ4n) is 2.69. The minimum atomic E-state index is 0.190. The van der Waals surface area contributed by atoms with Crippen LogP contribution in [0.5, 0.6) is 0 Å². The predicted molar refractivity (Wildman–Crippen MR) is 85.7 cm³/mol. The Bertz CT molecular complexity index is 625. The van der Waals surface area contributed by atoms with Gasteiger partial charge in [0.25, 0.3) is 0 Å². The van der Waals surface area contributed by atoms with E-state index in [9.17, 15) is 0 Å². The summed E-state index contributed by atoms with van der Waals surface area (Å²) in [5.41, 5.74) is 0.822. The van der Waals surface area contributed by atoms with Gasteiger partial charge in [-0.3, -0.25) is 9.55 Å². The first-order valence-corrected chi connectivity index (χ1v) is 7.61. The van der Waals surface area contributed by atoms with Crippen molar-refractivity contribution in [3.05, 3.63) is 37.1 Å². The summed E-state index contributed by atoms with van der Waals surface area (Å²) in [4.78, 5) is 6.62. The van der Waals surface area contributed by atoms with E-state index < -0.39 is 0 Å². The molecule has 1 fully saturated rings. The Morgan fingerprint density at radius 3 is 3.09 bits per heavy atom. The van der Waals surface area contributed by atoms with Crippen LogP contribution in [0, 0.1) is 0 Å². The smallest absolute Gasteiger partial charge is 0.227 e. The molecule has 6 nitrogen and oxygen atoms in total. The summed E-state index contributed by atoms with van der Waals surface area (Å²) in [7, 11) is 0. The van der Waals surface area contributed by atoms with Crippen LogP contribution in [0.25, 0.3) is 11.5 Å². The van der Waals surface area contributed by atoms with Crippen molar-refractivity contribution in [3.8, 4) is 11.5 Å². The summed E-state index contributed by atoms with van der Waals surface area (Å²) in [5, 5.41) is 8.76. The highest BCUT2D eigenvalue weighted by Crippen LogP contribution is 2.22. The molecule has 0 spiro atoms. The van der Waals surface area contributed by atoms with Crippen molar-refractivity contribution in [3.63, 3.8) is 0 Å². The number of pyridine rings is 1. The van der Waals surface area contributed by atoms with Gasteiger partial charge in [0.2, 0.25) is 5.95 Å². The Morgan fingerprint density at radius 2 is 2.32 bits per heavy atom. The standard InChI is InChI=1S/C16H21N5O/c1-3-9-21-15(14-7-4-5-8-17-14)18-19-16(21)20-10-6-11-22-13(2)12-20/h3-5,7-8,13H,1,6,9-12H2,2H3/t13-/m1/s1. The summed E-state index contributed by atoms with van der Waals surface area (Å²) in [6, 6.07) is 5.80. The Labute approximate surface area is 130 Å². The molecule has 1 atom stereocenters. The fraction of sp³-hybridized carbons (Fsp3) is 0.438. The summed E-state index contributed by atoms with van der Waals surface area (Å²) in [5.74, 6) is 1.63. The van der Waals surface area contributed by atoms with Gasteiger partial charge in [-0.15, -0.1) is 16.8 Å². The zero-order chi connectivity index (χ0) is 15.4. The Kier molecular flexibility index (Phi) is 4.48. The van der Waals surface area contributed by atoms with Crippen LogP contribution in [0.15, 0.2) is 37.1 Å². The van der Waals surface area contributed by atoms with Crippen molar-refractivity contribution in [2.24, 2.45) is 0 Å². The van der Waals surface area contributed by atoms with Crippen molar-refractivity contribution >= 4 is 5.95 Å². The van der Waals surface area contributed by atoms with Crippen LogP contribution in [0.3, 0.4) is 0 Å². The number of ether oxygens (including phenoxy) is 1. The first-order chi connectivity index (χ1) is 10.8. The molecule has 3 heterocycles. The fourth-order valence-corrected chi connectivity index (χ4v) is 2.69. The van der Waals surface area contributed by atoms with Crippen molar-refractivity contribution in [1.82, 2.24) is 19.7 Å². The van der Waals surface area contributed by atoms with Crippen LogP contribution < -0.4 is 4.90 Å². The molecule has 0 N–H and O–H groups in total. The molecule has 6 heteroatoms. The number of allylic oxidation sites excluding steroid dienone is 1. The number of nitrogens with zero attached hydrogens (tertiary/aromatic N) is 5. The normalized spacial score (nSPS) is 19.0. The number of hydrogen-bond donors (Lipinski definition) is 0. The van der Waals surface area contributed by atoms with Crippen molar-refractivity contribution < 1.29 is 4.74 Å². The topological polar surface area (TPSA) is 56.1 Å². The second-order valence-electron chi connectivity index (χ2n) is 5.42. The van der Waals surface area contributed by atoms with Gasteiger partial charge in [0.15, 0.2) is 5.82 Å². The van der Waals surface area contributed by atoms with Gasteiger partial charge in [-0.05, 0) is 25.5 Å². The average Bonchev–Trinajstić information content (AvgIpc) is 2.83. The average molecular weight is 299 g/mol. The van der Waals surface area contributed by atoms with Gasteiger partial charge in [0.1, 0.15) is 5.69 Å². The lowest BCUT2D eigenvalue weighted by atomic mass is 10.3. The van der Waals surface area contributed by atoms with Gasteiger partial charge in [0.05, 0.1) is 6.10 Å². The predicted octanol–water partition coefficient (Wildman–Crippen LogP) is 2.14. The molecule has 0 amide bonds. The number of anilines is 1. The second kappa shape index (κ2) is 6.70. The summed E-state index contributed by atoms with van der Waals surface area (Å²) >= 11 is 0. The van der Waals surface area contributed by atoms with E-state index in [0.717, 1.165) is 43.6 Å². The molecule has 0 bridgehead atoms. The SMILES string of the molecule is C=CCn1c(-c2ccccn2)nnc1N1CCCO[C@H](C)C1. The van der Waals surface area contributed by atoms with E-state index >= 15 is 0 Å². The van der Waals surface area contributed by atoms with E-state index in [-0.39, 0.29) is 6.10 Å². The van der Waals surface area contributed by atoms with Gasteiger partial charge in [-0.2, -0.15) is 0 Å². The maximum absolute atomic E-state index is 5.71. The highest BCUT2D eigenvalue weighted by atomic mass is 16.5. The molecule has 0 radical (unpaired) electrons. The lowest BCUT2D eigenvalue weighted by molar-refractivity contribution is 0.0819. The Hall–Kier alpha value is -2.21. The van der Waals surface area contributed by atoms with Gasteiger partial charge in [-0.1, -0.05) is 12.1 Å². The van der Waals surface area contributed by atoms with E-state index in [1.54, 1.807) is 6.20 Å². The summed E-state index contributed by atoms with van der Waals surface area (Å²) in [6.45, 7) is 9.12. The highest BCUT2D eigenvalue weighted by Gasteiger charge is 2.22. The van der Waals surface area contributed by atoms with Crippen LogP contribution in [0.4, 0.5) is 5.95 Å². The first-order valence-electron chi connectivity index (χ1n) is 7.61. The highest BCUT2D eigenvalue weighted by molar-refractivity contribution is 5.53. The third-order valence-corrected chi connectivity index (χ3v) is 3.67. The van der Waals surface area contributed by atoms with E-state index in [4.69, 9.17) is 4.74 Å². The van der Waals surface area contributed by atoms with Gasteiger partial charge in [-0.25, -0.2) is 0 Å². The zero-order valence-electron chi connectivity index (χ0n) is 12.9. The number of rotatable bonds is 4. The van der Waals surface area contributed by atoms with Crippen LogP contribution in [0.2, 0.25) is 0 Å². The maximum atomic E-state index is 5.71. The van der Waals surface area contributed by atoms with Gasteiger partial charge >= 0.3 is 0 Å². The molecule has 1 saturated heterocycles. The minimum absolute atomic E-state index is 0.190. The molecular formula is C16H21N5O. The van der Waals surface area contributed by atoms with Crippen LogP contribution >= 0.6 is 0 Å². The summed E-state index contributed by atoms with van der Waals surface area (Å²) in [6.07, 6.45) is 4.81. The number of aromatic nitrogens is 4. The van der Waals surface area contributed by atoms with Crippen molar-refractivity contribution in [2.45, 2.75) is 26.0 Å². The molecule has 3 rings (SSSR count). The van der Waals surface area contributed by atoms with Crippen molar-refractivity contribution in [2.75, 3.05) is 24.6 Å². The van der Waals surface area contributed by atoms with E-state index in [2.05, 4.69) is 38.2 Å². The molecule has 2 aromatic heterocycles. The van der Waals surface area contributed by atoms with Crippen LogP contribution in [0.1, 0.15) is 13.3 Å². The molecular weight excluding hydrogens is 278 g/mol. The molecule has 2 aromatic rings. The van der Waals surface area contributed by atoms with Crippen LogP contribution in [-0.4, -0.2) is 45.5 Å². The van der Waals surface area contributed by atoms with E-state index in [1.165, 1.54) is 0 Å². The molecule has 0 aliphatic carbocycles. The molecule has 22 heavy (non-hydrogen) atoms. The summed E-state index contributed by atoms with van der Waals surface area (Å²) < 4.78 is 7.78. The quantitative estimate of drug-likeness (QED) is 0.810. The van der Waals surface area contributed by atoms with E-state index in [1.807, 2.05) is 24.3 Å². The van der Waals surface area contributed by atoms with Crippen molar-refractivity contribution in [1.29, 1.82) is 0 Å². The zero-order valence-corrected chi connectivity index (χ0v) is 12.9. The third-order valence-electron chi connectivity index (χ3n) is 3.67. The van der Waals surface area contributed by atoms with Gasteiger partial charge < -0.3 is 9.64 Å². The third kappa shape index (κ3) is 3.01. The molecule has 0 aromatic carbocycles. The number of hydrogen-bond acceptors (Lipinski definition) is 5. The Morgan fingerprint density at radius 1 is 1.41 bits per heavy atom. The molecule has 116 valence electrons. The minimum Gasteiger partial charge on any atom is -0.377 e. The molecule has 1 aliphatic rings. The second-order valence-corrected chi connectivity index (χ2v) is 5.42. The molecule has 0 saturated carbocycles. The monoisotopic (exact) mass is 299 g/mol. The van der Waals surface area contributed by atoms with E-state index in [0.29, 0.717) is 6.54 Å². The maximum Gasteiger partial charge on any atom is 0.227 e. The lowest BCUT2D eigenvalue weighted by Gasteiger charge is -2.23. The first kappa shape index (κ1) is 14.7. The molecule has 0 unspecified atom stereocenters. The van der Waals surface area contributed by atoms with Gasteiger partial charge in [0, 0.05) is 32.4 Å². The lowest BCUT2D eigenvalue weighted by Crippen LogP contribution is -2.32. The van der Waals surface area contributed by atoms with Crippen LogP contribution in [-0.2, 0) is 11.3 Å². The Balaban J connectivity index is 1.97. The molecule has 1 aliphatic heterocycles.